The summed E-state index contributed by atoms with van der Waals surface area (Å²) in [5.74, 6) is -0.969. The lowest BCUT2D eigenvalue weighted by molar-refractivity contribution is -0.143. The van der Waals surface area contributed by atoms with E-state index in [0.717, 1.165) is 5.56 Å². The molecule has 0 saturated heterocycles. The van der Waals surface area contributed by atoms with Crippen LogP contribution in [-0.2, 0) is 9.53 Å². The van der Waals surface area contributed by atoms with E-state index in [9.17, 15) is 9.18 Å². The number of ether oxygens (including phenoxy) is 1. The topological polar surface area (TPSA) is 51.2 Å². The number of pyridine rings is 1. The Hall–Kier alpha value is -2.27. The van der Waals surface area contributed by atoms with Gasteiger partial charge in [0.25, 0.3) is 0 Å². The van der Waals surface area contributed by atoms with Crippen LogP contribution in [0.15, 0.2) is 48.8 Å². The molecule has 0 radical (unpaired) electrons. The fraction of sp³-hybridized carbons (Fsp3) is 0.250. The zero-order chi connectivity index (χ0) is 15.2. The first kappa shape index (κ1) is 15.1. The third-order valence-electron chi connectivity index (χ3n) is 3.28. The van der Waals surface area contributed by atoms with Crippen LogP contribution < -0.4 is 5.32 Å². The average molecular weight is 288 g/mol. The maximum Gasteiger partial charge on any atom is 0.327 e. The van der Waals surface area contributed by atoms with Crippen LogP contribution in [0.3, 0.4) is 0 Å². The second kappa shape index (κ2) is 6.95. The first-order valence-electron chi connectivity index (χ1n) is 6.61. The molecule has 2 unspecified atom stereocenters. The second-order valence-corrected chi connectivity index (χ2v) is 4.65. The van der Waals surface area contributed by atoms with E-state index < -0.39 is 17.8 Å². The van der Waals surface area contributed by atoms with Gasteiger partial charge in [0.15, 0.2) is 0 Å². The van der Waals surface area contributed by atoms with Crippen molar-refractivity contribution in [3.8, 4) is 0 Å². The number of esters is 1. The van der Waals surface area contributed by atoms with E-state index in [1.165, 1.54) is 13.2 Å². The molecule has 0 aliphatic rings. The highest BCUT2D eigenvalue weighted by atomic mass is 19.1. The summed E-state index contributed by atoms with van der Waals surface area (Å²) < 4.78 is 18.7. The van der Waals surface area contributed by atoms with Gasteiger partial charge in [-0.15, -0.1) is 0 Å². The number of aromatic nitrogens is 1. The van der Waals surface area contributed by atoms with Crippen LogP contribution in [0.1, 0.15) is 30.1 Å². The van der Waals surface area contributed by atoms with Crippen LogP contribution in [0, 0.1) is 5.82 Å². The molecule has 1 aromatic heterocycles. The van der Waals surface area contributed by atoms with Gasteiger partial charge < -0.3 is 4.74 Å². The monoisotopic (exact) mass is 288 g/mol. The molecule has 5 heteroatoms. The van der Waals surface area contributed by atoms with Crippen LogP contribution >= 0.6 is 0 Å². The minimum atomic E-state index is -0.862. The van der Waals surface area contributed by atoms with Crippen molar-refractivity contribution < 1.29 is 13.9 Å². The molecular weight excluding hydrogens is 271 g/mol. The number of benzene rings is 1. The molecule has 2 aromatic rings. The van der Waals surface area contributed by atoms with Gasteiger partial charge >= 0.3 is 5.97 Å². The van der Waals surface area contributed by atoms with Crippen molar-refractivity contribution in [3.63, 3.8) is 0 Å². The lowest BCUT2D eigenvalue weighted by Crippen LogP contribution is -2.32. The third kappa shape index (κ3) is 3.64. The predicted octanol–water partition coefficient (Wildman–Crippen LogP) is 2.79. The summed E-state index contributed by atoms with van der Waals surface area (Å²) in [4.78, 5) is 15.9. The first-order chi connectivity index (χ1) is 10.1. The molecule has 4 nitrogen and oxygen atoms in total. The van der Waals surface area contributed by atoms with Gasteiger partial charge in [-0.3, -0.25) is 10.3 Å². The third-order valence-corrected chi connectivity index (χ3v) is 3.28. The normalized spacial score (nSPS) is 13.5. The molecule has 2 rings (SSSR count). The Morgan fingerprint density at radius 3 is 2.52 bits per heavy atom. The zero-order valence-corrected chi connectivity index (χ0v) is 11.9. The van der Waals surface area contributed by atoms with Crippen molar-refractivity contribution in [1.82, 2.24) is 10.3 Å². The van der Waals surface area contributed by atoms with Gasteiger partial charge in [0.05, 0.1) is 7.11 Å². The molecule has 1 N–H and O–H groups in total. The van der Waals surface area contributed by atoms with Crippen molar-refractivity contribution >= 4 is 5.97 Å². The Balaban J connectivity index is 2.26. The van der Waals surface area contributed by atoms with Crippen LogP contribution in [-0.4, -0.2) is 18.1 Å². The summed E-state index contributed by atoms with van der Waals surface area (Å²) in [5, 5.41) is 3.10. The molecule has 1 heterocycles. The number of carbonyl (C=O) groups is 1. The molecular formula is C16H17FN2O2. The molecule has 0 bridgehead atoms. The van der Waals surface area contributed by atoms with Gasteiger partial charge in [0.2, 0.25) is 0 Å². The Kier molecular flexibility index (Phi) is 5.00. The van der Waals surface area contributed by atoms with E-state index in [2.05, 4.69) is 10.3 Å². The van der Waals surface area contributed by atoms with E-state index in [1.807, 2.05) is 19.1 Å². The SMILES string of the molecule is COC(=O)C(NC(C)c1ccncc1)c1ccccc1F. The van der Waals surface area contributed by atoms with Crippen LogP contribution in [0.25, 0.3) is 0 Å². The lowest BCUT2D eigenvalue weighted by atomic mass is 10.0. The van der Waals surface area contributed by atoms with Crippen molar-refractivity contribution in [3.05, 3.63) is 65.7 Å². The number of rotatable bonds is 5. The Morgan fingerprint density at radius 2 is 1.90 bits per heavy atom. The van der Waals surface area contributed by atoms with E-state index in [1.54, 1.807) is 30.6 Å². The van der Waals surface area contributed by atoms with E-state index in [-0.39, 0.29) is 11.6 Å². The Morgan fingerprint density at radius 1 is 1.24 bits per heavy atom. The molecule has 21 heavy (non-hydrogen) atoms. The number of hydrogen-bond acceptors (Lipinski definition) is 4. The van der Waals surface area contributed by atoms with Gasteiger partial charge in [-0.25, -0.2) is 9.18 Å². The highest BCUT2D eigenvalue weighted by Gasteiger charge is 2.26. The smallest absolute Gasteiger partial charge is 0.327 e. The predicted molar refractivity (Wildman–Crippen MR) is 76.9 cm³/mol. The van der Waals surface area contributed by atoms with Gasteiger partial charge in [-0.05, 0) is 30.7 Å². The molecule has 2 atom stereocenters. The summed E-state index contributed by atoms with van der Waals surface area (Å²) in [6.45, 7) is 1.89. The summed E-state index contributed by atoms with van der Waals surface area (Å²) >= 11 is 0. The van der Waals surface area contributed by atoms with Crippen LogP contribution in [0.5, 0.6) is 0 Å². The quantitative estimate of drug-likeness (QED) is 0.860. The summed E-state index contributed by atoms with van der Waals surface area (Å²) in [5.41, 5.74) is 1.22. The number of halogens is 1. The highest BCUT2D eigenvalue weighted by Crippen LogP contribution is 2.22. The summed E-state index contributed by atoms with van der Waals surface area (Å²) in [6.07, 6.45) is 3.34. The summed E-state index contributed by atoms with van der Waals surface area (Å²) in [6, 6.07) is 8.83. The molecule has 0 aliphatic heterocycles. The van der Waals surface area contributed by atoms with Crippen LogP contribution in [0.2, 0.25) is 0 Å². The number of carbonyl (C=O) groups excluding carboxylic acids is 1. The van der Waals surface area contributed by atoms with Crippen molar-refractivity contribution in [2.45, 2.75) is 19.0 Å². The molecule has 0 spiro atoms. The van der Waals surface area contributed by atoms with Crippen LogP contribution in [0.4, 0.5) is 4.39 Å². The van der Waals surface area contributed by atoms with Gasteiger partial charge in [0.1, 0.15) is 11.9 Å². The second-order valence-electron chi connectivity index (χ2n) is 4.65. The van der Waals surface area contributed by atoms with Crippen molar-refractivity contribution in [2.24, 2.45) is 0 Å². The average Bonchev–Trinajstić information content (AvgIpc) is 2.53. The highest BCUT2D eigenvalue weighted by molar-refractivity contribution is 5.77. The minimum absolute atomic E-state index is 0.156. The number of nitrogens with zero attached hydrogens (tertiary/aromatic N) is 1. The lowest BCUT2D eigenvalue weighted by Gasteiger charge is -2.22. The van der Waals surface area contributed by atoms with E-state index in [0.29, 0.717) is 0 Å². The molecule has 0 aliphatic carbocycles. The summed E-state index contributed by atoms with van der Waals surface area (Å²) in [7, 11) is 1.29. The largest absolute Gasteiger partial charge is 0.468 e. The zero-order valence-electron chi connectivity index (χ0n) is 11.9. The van der Waals surface area contributed by atoms with E-state index in [4.69, 9.17) is 4.74 Å². The van der Waals surface area contributed by atoms with Crippen molar-refractivity contribution in [2.75, 3.05) is 7.11 Å². The number of nitrogens with one attached hydrogen (secondary N) is 1. The maximum atomic E-state index is 13.9. The van der Waals surface area contributed by atoms with E-state index >= 15 is 0 Å². The van der Waals surface area contributed by atoms with Crippen molar-refractivity contribution in [1.29, 1.82) is 0 Å². The molecule has 0 fully saturated rings. The number of hydrogen-bond donors (Lipinski definition) is 1. The molecule has 110 valence electrons. The molecule has 0 amide bonds. The first-order valence-corrected chi connectivity index (χ1v) is 6.61. The molecule has 0 saturated carbocycles. The molecule has 1 aromatic carbocycles. The fourth-order valence-electron chi connectivity index (χ4n) is 2.11. The Bertz CT molecular complexity index is 604. The van der Waals surface area contributed by atoms with Gasteiger partial charge in [-0.2, -0.15) is 0 Å². The van der Waals surface area contributed by atoms with Gasteiger partial charge in [-0.1, -0.05) is 18.2 Å². The number of methoxy groups -OCH3 is 1. The Labute approximate surface area is 123 Å². The fourth-order valence-corrected chi connectivity index (χ4v) is 2.11. The minimum Gasteiger partial charge on any atom is -0.468 e. The maximum absolute atomic E-state index is 13.9. The van der Waals surface area contributed by atoms with Gasteiger partial charge in [0, 0.05) is 24.0 Å². The standard InChI is InChI=1S/C16H17FN2O2/c1-11(12-7-9-18-10-8-12)19-15(16(20)21-2)13-5-3-4-6-14(13)17/h3-11,15,19H,1-2H3.